The lowest BCUT2D eigenvalue weighted by atomic mass is 9.70. The van der Waals surface area contributed by atoms with E-state index in [1.54, 1.807) is 20.8 Å². The number of carbonyl (C=O) groups is 2. The predicted octanol–water partition coefficient (Wildman–Crippen LogP) is 2.82. The van der Waals surface area contributed by atoms with E-state index < -0.39 is 17.7 Å². The maximum Gasteiger partial charge on any atom is 0.407 e. The van der Waals surface area contributed by atoms with Crippen molar-refractivity contribution in [3.8, 4) is 0 Å². The third-order valence-corrected chi connectivity index (χ3v) is 4.66. The van der Waals surface area contributed by atoms with E-state index in [0.717, 1.165) is 44.4 Å². The topological polar surface area (TPSA) is 87.7 Å². The average Bonchev–Trinajstić information content (AvgIpc) is 2.45. The van der Waals surface area contributed by atoms with Gasteiger partial charge in [-0.05, 0) is 70.6 Å². The molecule has 0 aromatic rings. The standard InChI is InChI=1S/C17H32N2O4S/c1-16(2,3)23-15(22)19-12-17(11-14(20)21)7-5-13(6-8-17)18-9-4-10-24/h13,18,24H,4-12H2,1-3H3,(H,19,22)(H,20,21). The number of hydrogen-bond acceptors (Lipinski definition) is 5. The van der Waals surface area contributed by atoms with Gasteiger partial charge in [-0.15, -0.1) is 0 Å². The van der Waals surface area contributed by atoms with E-state index in [1.165, 1.54) is 0 Å². The van der Waals surface area contributed by atoms with Gasteiger partial charge in [0.25, 0.3) is 0 Å². The number of carbonyl (C=O) groups excluding carboxylic acids is 1. The van der Waals surface area contributed by atoms with Gasteiger partial charge in [0.15, 0.2) is 0 Å². The Hall–Kier alpha value is -0.950. The first-order valence-corrected chi connectivity index (χ1v) is 9.32. The molecule has 0 saturated heterocycles. The van der Waals surface area contributed by atoms with Crippen LogP contribution < -0.4 is 10.6 Å². The zero-order valence-electron chi connectivity index (χ0n) is 15.1. The number of carboxylic acid groups (broad SMARTS) is 1. The summed E-state index contributed by atoms with van der Waals surface area (Å²) in [4.78, 5) is 23.1. The van der Waals surface area contributed by atoms with Crippen molar-refractivity contribution >= 4 is 24.7 Å². The van der Waals surface area contributed by atoms with Gasteiger partial charge in [0, 0.05) is 12.6 Å². The zero-order chi connectivity index (χ0) is 18.2. The normalized spacial score (nSPS) is 24.4. The number of thiol groups is 1. The van der Waals surface area contributed by atoms with Gasteiger partial charge in [-0.25, -0.2) is 4.79 Å². The zero-order valence-corrected chi connectivity index (χ0v) is 16.0. The van der Waals surface area contributed by atoms with E-state index in [-0.39, 0.29) is 11.8 Å². The Morgan fingerprint density at radius 1 is 1.29 bits per heavy atom. The molecule has 0 aromatic heterocycles. The lowest BCUT2D eigenvalue weighted by Crippen LogP contribution is -2.46. The number of aliphatic carboxylic acids is 1. The molecule has 1 saturated carbocycles. The first-order chi connectivity index (χ1) is 11.2. The van der Waals surface area contributed by atoms with Crippen LogP contribution in [-0.2, 0) is 9.53 Å². The third-order valence-electron chi connectivity index (χ3n) is 4.35. The van der Waals surface area contributed by atoms with Crippen molar-refractivity contribution in [1.82, 2.24) is 10.6 Å². The van der Waals surface area contributed by atoms with Crippen molar-refractivity contribution in [2.45, 2.75) is 70.9 Å². The Morgan fingerprint density at radius 2 is 1.92 bits per heavy atom. The second-order valence-corrected chi connectivity index (χ2v) is 8.18. The highest BCUT2D eigenvalue weighted by Gasteiger charge is 2.37. The number of hydrogen-bond donors (Lipinski definition) is 4. The molecule has 1 aliphatic carbocycles. The molecule has 0 heterocycles. The van der Waals surface area contributed by atoms with Crippen LogP contribution in [0.2, 0.25) is 0 Å². The molecule has 6 nitrogen and oxygen atoms in total. The number of carboxylic acids is 1. The van der Waals surface area contributed by atoms with Crippen molar-refractivity contribution < 1.29 is 19.4 Å². The van der Waals surface area contributed by atoms with Gasteiger partial charge in [0.2, 0.25) is 0 Å². The molecule has 1 fully saturated rings. The second kappa shape index (κ2) is 9.51. The van der Waals surface area contributed by atoms with E-state index in [0.29, 0.717) is 12.6 Å². The molecule has 24 heavy (non-hydrogen) atoms. The first kappa shape index (κ1) is 21.1. The average molecular weight is 361 g/mol. The molecule has 0 radical (unpaired) electrons. The molecule has 7 heteroatoms. The van der Waals surface area contributed by atoms with E-state index >= 15 is 0 Å². The smallest absolute Gasteiger partial charge is 0.407 e. The molecular weight excluding hydrogens is 328 g/mol. The van der Waals surface area contributed by atoms with Crippen LogP contribution in [0.15, 0.2) is 0 Å². The fourth-order valence-corrected chi connectivity index (χ4v) is 3.29. The third kappa shape index (κ3) is 8.24. The first-order valence-electron chi connectivity index (χ1n) is 8.69. The number of ether oxygens (including phenoxy) is 1. The molecular formula is C17H32N2O4S. The summed E-state index contributed by atoms with van der Waals surface area (Å²) in [6.07, 6.45) is 4.04. The summed E-state index contributed by atoms with van der Waals surface area (Å²) >= 11 is 4.20. The van der Waals surface area contributed by atoms with Gasteiger partial charge >= 0.3 is 12.1 Å². The van der Waals surface area contributed by atoms with Gasteiger partial charge in [-0.3, -0.25) is 4.79 Å². The fraction of sp³-hybridized carbons (Fsp3) is 0.882. The monoisotopic (exact) mass is 360 g/mol. The summed E-state index contributed by atoms with van der Waals surface area (Å²) in [5.74, 6) is 0.0464. The number of nitrogens with one attached hydrogen (secondary N) is 2. The van der Waals surface area contributed by atoms with E-state index in [4.69, 9.17) is 4.74 Å². The summed E-state index contributed by atoms with van der Waals surface area (Å²) < 4.78 is 5.25. The van der Waals surface area contributed by atoms with Crippen LogP contribution in [0.5, 0.6) is 0 Å². The molecule has 1 amide bonds. The van der Waals surface area contributed by atoms with Crippen molar-refractivity contribution in [2.75, 3.05) is 18.8 Å². The summed E-state index contributed by atoms with van der Waals surface area (Å²) in [7, 11) is 0. The Kier molecular flexibility index (Phi) is 8.36. The molecule has 0 unspecified atom stereocenters. The minimum Gasteiger partial charge on any atom is -0.481 e. The lowest BCUT2D eigenvalue weighted by molar-refractivity contribution is -0.140. The van der Waals surface area contributed by atoms with Crippen LogP contribution in [0.1, 0.15) is 59.3 Å². The Morgan fingerprint density at radius 3 is 2.42 bits per heavy atom. The fourth-order valence-electron chi connectivity index (χ4n) is 3.13. The second-order valence-electron chi connectivity index (χ2n) is 7.73. The van der Waals surface area contributed by atoms with Gasteiger partial charge in [-0.2, -0.15) is 12.6 Å². The van der Waals surface area contributed by atoms with Crippen LogP contribution in [0.4, 0.5) is 4.79 Å². The highest BCUT2D eigenvalue weighted by Crippen LogP contribution is 2.39. The van der Waals surface area contributed by atoms with Crippen LogP contribution >= 0.6 is 12.6 Å². The summed E-state index contributed by atoms with van der Waals surface area (Å²) in [6.45, 7) is 6.71. The maximum absolute atomic E-state index is 11.9. The Bertz CT molecular complexity index is 415. The molecule has 0 spiro atoms. The van der Waals surface area contributed by atoms with Crippen molar-refractivity contribution in [1.29, 1.82) is 0 Å². The van der Waals surface area contributed by atoms with Crippen molar-refractivity contribution in [2.24, 2.45) is 5.41 Å². The van der Waals surface area contributed by atoms with Crippen LogP contribution in [-0.4, -0.2) is 47.7 Å². The summed E-state index contributed by atoms with van der Waals surface area (Å²) in [6, 6.07) is 0.424. The maximum atomic E-state index is 11.9. The predicted molar refractivity (Wildman–Crippen MR) is 97.7 cm³/mol. The minimum absolute atomic E-state index is 0.0756. The van der Waals surface area contributed by atoms with E-state index in [1.807, 2.05) is 0 Å². The van der Waals surface area contributed by atoms with Gasteiger partial charge in [-0.1, -0.05) is 0 Å². The Labute approximate surface area is 150 Å². The van der Waals surface area contributed by atoms with Crippen LogP contribution in [0.3, 0.4) is 0 Å². The number of amides is 1. The molecule has 1 aliphatic rings. The Balaban J connectivity index is 2.53. The lowest BCUT2D eigenvalue weighted by Gasteiger charge is -2.39. The molecule has 0 atom stereocenters. The molecule has 140 valence electrons. The summed E-state index contributed by atoms with van der Waals surface area (Å²) in [5, 5.41) is 15.5. The molecule has 0 aliphatic heterocycles. The SMILES string of the molecule is CC(C)(C)OC(=O)NCC1(CC(=O)O)CCC(NCCCS)CC1. The molecule has 0 aromatic carbocycles. The van der Waals surface area contributed by atoms with Gasteiger partial charge < -0.3 is 20.5 Å². The molecule has 0 bridgehead atoms. The van der Waals surface area contributed by atoms with E-state index in [2.05, 4.69) is 23.3 Å². The van der Waals surface area contributed by atoms with Gasteiger partial charge in [0.1, 0.15) is 5.60 Å². The number of alkyl carbamates (subject to hydrolysis) is 1. The largest absolute Gasteiger partial charge is 0.481 e. The van der Waals surface area contributed by atoms with Gasteiger partial charge in [0.05, 0.1) is 6.42 Å². The van der Waals surface area contributed by atoms with E-state index in [9.17, 15) is 14.7 Å². The minimum atomic E-state index is -0.817. The van der Waals surface area contributed by atoms with Crippen LogP contribution in [0.25, 0.3) is 0 Å². The van der Waals surface area contributed by atoms with Crippen molar-refractivity contribution in [3.05, 3.63) is 0 Å². The van der Waals surface area contributed by atoms with Crippen molar-refractivity contribution in [3.63, 3.8) is 0 Å². The highest BCUT2D eigenvalue weighted by atomic mass is 32.1. The molecule has 1 rings (SSSR count). The molecule has 3 N–H and O–H groups in total. The number of rotatable bonds is 8. The van der Waals surface area contributed by atoms with Crippen LogP contribution in [0, 0.1) is 5.41 Å². The highest BCUT2D eigenvalue weighted by molar-refractivity contribution is 7.80. The quantitative estimate of drug-likeness (QED) is 0.395. The summed E-state index contributed by atoms with van der Waals surface area (Å²) in [5.41, 5.74) is -0.941.